The van der Waals surface area contributed by atoms with Crippen LogP contribution in [0.3, 0.4) is 0 Å². The van der Waals surface area contributed by atoms with Crippen molar-refractivity contribution in [2.75, 3.05) is 11.9 Å². The van der Waals surface area contributed by atoms with Gasteiger partial charge in [-0.1, -0.05) is 18.2 Å². The van der Waals surface area contributed by atoms with Crippen molar-refractivity contribution in [2.24, 2.45) is 0 Å². The molecule has 1 aliphatic rings. The van der Waals surface area contributed by atoms with Crippen molar-refractivity contribution in [3.63, 3.8) is 0 Å². The Hall–Kier alpha value is -4.46. The molecule has 0 spiro atoms. The maximum absolute atomic E-state index is 13.3. The van der Waals surface area contributed by atoms with E-state index in [0.717, 1.165) is 32.4 Å². The van der Waals surface area contributed by atoms with Crippen molar-refractivity contribution in [1.82, 2.24) is 9.47 Å². The normalized spacial score (nSPS) is 15.4. The molecule has 172 valence electrons. The van der Waals surface area contributed by atoms with Gasteiger partial charge in [0, 0.05) is 24.1 Å². The van der Waals surface area contributed by atoms with Crippen molar-refractivity contribution in [1.29, 1.82) is 0 Å². The molecule has 1 saturated heterocycles. The van der Waals surface area contributed by atoms with Crippen LogP contribution in [0.1, 0.15) is 32.9 Å². The second-order valence-electron chi connectivity index (χ2n) is 8.15. The lowest BCUT2D eigenvalue weighted by Crippen LogP contribution is -2.55. The Bertz CT molecular complexity index is 1380. The number of carboxylic acids is 1. The molecule has 0 saturated carbocycles. The predicted octanol–water partition coefficient (Wildman–Crippen LogP) is 4.11. The summed E-state index contributed by atoms with van der Waals surface area (Å²) < 4.78 is 1.94. The summed E-state index contributed by atoms with van der Waals surface area (Å²) in [5, 5.41) is 9.25. The largest absolute Gasteiger partial charge is 0.478 e. The van der Waals surface area contributed by atoms with Crippen LogP contribution in [0.25, 0.3) is 11.8 Å². The number of nitrogens with zero attached hydrogens (tertiary/aromatic N) is 3. The topological polar surface area (TPSA) is 99.9 Å². The zero-order valence-electron chi connectivity index (χ0n) is 19.2. The van der Waals surface area contributed by atoms with Crippen LogP contribution < -0.4 is 4.90 Å². The lowest BCUT2D eigenvalue weighted by molar-refractivity contribution is -0.128. The van der Waals surface area contributed by atoms with E-state index in [9.17, 15) is 24.3 Å². The monoisotopic (exact) mass is 457 g/mol. The van der Waals surface area contributed by atoms with E-state index in [1.807, 2.05) is 31.4 Å². The standard InChI is InChI=1S/C26H23N3O5/c1-15-12-18(25(32)33)10-11-22(15)28-16(2)13-19(17(28)3)14-21-23(30)27(4)26(34)29(24(21)31)20-8-6-5-7-9-20/h5-14H,1-4H3,(H,32,33)/b21-14+. The highest BCUT2D eigenvalue weighted by Gasteiger charge is 2.41. The van der Waals surface area contributed by atoms with Crippen molar-refractivity contribution in [2.45, 2.75) is 20.8 Å². The third-order valence-corrected chi connectivity index (χ3v) is 5.92. The molecule has 1 aliphatic heterocycles. The van der Waals surface area contributed by atoms with Gasteiger partial charge in [0.15, 0.2) is 0 Å². The first kappa shape index (κ1) is 22.7. The van der Waals surface area contributed by atoms with E-state index in [2.05, 4.69) is 0 Å². The minimum atomic E-state index is -1.00. The van der Waals surface area contributed by atoms with Gasteiger partial charge in [0.2, 0.25) is 0 Å². The highest BCUT2D eigenvalue weighted by Crippen LogP contribution is 2.29. The van der Waals surface area contributed by atoms with Crippen molar-refractivity contribution in [3.05, 3.63) is 88.2 Å². The molecule has 1 aromatic heterocycles. The molecule has 0 unspecified atom stereocenters. The number of carbonyl (C=O) groups is 4. The van der Waals surface area contributed by atoms with Gasteiger partial charge in [0.1, 0.15) is 5.57 Å². The molecule has 3 aromatic rings. The molecule has 8 heteroatoms. The minimum Gasteiger partial charge on any atom is -0.478 e. The molecule has 34 heavy (non-hydrogen) atoms. The number of barbiturate groups is 1. The van der Waals surface area contributed by atoms with Crippen LogP contribution >= 0.6 is 0 Å². The number of hydrogen-bond acceptors (Lipinski definition) is 4. The molecule has 2 aromatic carbocycles. The van der Waals surface area contributed by atoms with Gasteiger partial charge in [-0.25, -0.2) is 14.5 Å². The fraction of sp³-hybridized carbons (Fsp3) is 0.154. The summed E-state index contributed by atoms with van der Waals surface area (Å²) in [6, 6.07) is 14.5. The number of anilines is 1. The number of carboxylic acid groups (broad SMARTS) is 1. The van der Waals surface area contributed by atoms with Gasteiger partial charge in [-0.05, 0) is 74.4 Å². The van der Waals surface area contributed by atoms with E-state index in [-0.39, 0.29) is 11.1 Å². The number of aromatic carboxylic acids is 1. The first-order valence-electron chi connectivity index (χ1n) is 10.6. The summed E-state index contributed by atoms with van der Waals surface area (Å²) >= 11 is 0. The van der Waals surface area contributed by atoms with Crippen molar-refractivity contribution in [3.8, 4) is 5.69 Å². The maximum Gasteiger partial charge on any atom is 0.338 e. The Morgan fingerprint density at radius 3 is 2.21 bits per heavy atom. The molecule has 0 radical (unpaired) electrons. The fourth-order valence-electron chi connectivity index (χ4n) is 4.14. The SMILES string of the molecule is Cc1cc(C(=O)O)ccc1-n1c(C)cc(/C=C2\C(=O)N(C)C(=O)N(c3ccccc3)C2=O)c1C. The second-order valence-corrected chi connectivity index (χ2v) is 8.15. The molecule has 4 rings (SSSR count). The number of aromatic nitrogens is 1. The molecule has 8 nitrogen and oxygen atoms in total. The average molecular weight is 457 g/mol. The highest BCUT2D eigenvalue weighted by atomic mass is 16.4. The Kier molecular flexibility index (Phi) is 5.66. The second kappa shape index (κ2) is 8.47. The molecule has 0 atom stereocenters. The summed E-state index contributed by atoms with van der Waals surface area (Å²) in [4.78, 5) is 52.0. The van der Waals surface area contributed by atoms with E-state index < -0.39 is 23.8 Å². The van der Waals surface area contributed by atoms with Gasteiger partial charge in [-0.15, -0.1) is 0 Å². The molecule has 4 amide bonds. The van der Waals surface area contributed by atoms with Crippen LogP contribution in [0, 0.1) is 20.8 Å². The number of carbonyl (C=O) groups excluding carboxylic acids is 3. The zero-order valence-corrected chi connectivity index (χ0v) is 19.2. The van der Waals surface area contributed by atoms with E-state index in [4.69, 9.17) is 0 Å². The minimum absolute atomic E-state index is 0.121. The van der Waals surface area contributed by atoms with Crippen LogP contribution in [-0.2, 0) is 9.59 Å². The maximum atomic E-state index is 13.3. The Morgan fingerprint density at radius 1 is 0.912 bits per heavy atom. The number of amides is 4. The first-order valence-corrected chi connectivity index (χ1v) is 10.6. The zero-order chi connectivity index (χ0) is 24.7. The van der Waals surface area contributed by atoms with Gasteiger partial charge >= 0.3 is 12.0 Å². The molecule has 0 bridgehead atoms. The number of hydrogen-bond donors (Lipinski definition) is 1. The molecule has 1 N–H and O–H groups in total. The van der Waals surface area contributed by atoms with E-state index in [1.54, 1.807) is 42.5 Å². The fourth-order valence-corrected chi connectivity index (χ4v) is 4.14. The van der Waals surface area contributed by atoms with Crippen molar-refractivity contribution < 1.29 is 24.3 Å². The smallest absolute Gasteiger partial charge is 0.338 e. The first-order chi connectivity index (χ1) is 16.1. The van der Waals surface area contributed by atoms with E-state index in [0.29, 0.717) is 11.3 Å². The van der Waals surface area contributed by atoms with Gasteiger partial charge in [0.05, 0.1) is 11.3 Å². The third kappa shape index (κ3) is 3.69. The number of benzene rings is 2. The molecule has 1 fully saturated rings. The van der Waals surface area contributed by atoms with Gasteiger partial charge in [0.25, 0.3) is 11.8 Å². The van der Waals surface area contributed by atoms with E-state index >= 15 is 0 Å². The van der Waals surface area contributed by atoms with Crippen molar-refractivity contribution >= 4 is 35.6 Å². The summed E-state index contributed by atoms with van der Waals surface area (Å²) in [6.45, 7) is 5.56. The molecular weight excluding hydrogens is 434 g/mol. The van der Waals surface area contributed by atoms with Gasteiger partial charge in [-0.3, -0.25) is 14.5 Å². The number of urea groups is 1. The summed E-state index contributed by atoms with van der Waals surface area (Å²) in [7, 11) is 1.34. The number of likely N-dealkylation sites (N-methyl/N-ethyl adjacent to an activating group) is 1. The molecule has 0 aliphatic carbocycles. The van der Waals surface area contributed by atoms with Crippen LogP contribution in [-0.4, -0.2) is 45.4 Å². The van der Waals surface area contributed by atoms with Crippen LogP contribution in [0.2, 0.25) is 0 Å². The van der Waals surface area contributed by atoms with Crippen LogP contribution in [0.15, 0.2) is 60.2 Å². The summed E-state index contributed by atoms with van der Waals surface area (Å²) in [5.41, 5.74) is 4.27. The Balaban J connectivity index is 1.80. The summed E-state index contributed by atoms with van der Waals surface area (Å²) in [6.07, 6.45) is 1.50. The lowest BCUT2D eigenvalue weighted by atomic mass is 10.1. The lowest BCUT2D eigenvalue weighted by Gasteiger charge is -2.31. The average Bonchev–Trinajstić information content (AvgIpc) is 3.08. The Morgan fingerprint density at radius 2 is 1.59 bits per heavy atom. The number of rotatable bonds is 4. The number of para-hydroxylation sites is 1. The highest BCUT2D eigenvalue weighted by molar-refractivity contribution is 6.39. The quantitative estimate of drug-likeness (QED) is 0.470. The predicted molar refractivity (Wildman–Crippen MR) is 127 cm³/mol. The van der Waals surface area contributed by atoms with Crippen LogP contribution in [0.5, 0.6) is 0 Å². The van der Waals surface area contributed by atoms with E-state index in [1.165, 1.54) is 19.2 Å². The number of imide groups is 2. The Labute approximate surface area is 196 Å². The molecule has 2 heterocycles. The van der Waals surface area contributed by atoms with Gasteiger partial charge in [-0.2, -0.15) is 0 Å². The summed E-state index contributed by atoms with van der Waals surface area (Å²) in [5.74, 6) is -2.36. The van der Waals surface area contributed by atoms with Crippen LogP contribution in [0.4, 0.5) is 10.5 Å². The molecular formula is C26H23N3O5. The third-order valence-electron chi connectivity index (χ3n) is 5.92. The van der Waals surface area contributed by atoms with Gasteiger partial charge < -0.3 is 9.67 Å². The number of aryl methyl sites for hydroxylation is 2.